The van der Waals surface area contributed by atoms with Crippen LogP contribution in [0.1, 0.15) is 17.3 Å². The molecule has 0 aliphatic heterocycles. The maximum Gasteiger partial charge on any atom is 0.254 e. The lowest BCUT2D eigenvalue weighted by atomic mass is 10.3. The number of hydrogen-bond acceptors (Lipinski definition) is 3. The molecule has 1 amide bonds. The van der Waals surface area contributed by atoms with Gasteiger partial charge in [0.1, 0.15) is 5.15 Å². The Morgan fingerprint density at radius 3 is 3.13 bits per heavy atom. The number of halogens is 1. The van der Waals surface area contributed by atoms with Crippen molar-refractivity contribution in [3.63, 3.8) is 0 Å². The highest BCUT2D eigenvalue weighted by Gasteiger charge is 2.09. The number of carbonyl (C=O) groups excluding carboxylic acids is 1. The number of pyridine rings is 1. The molecule has 0 saturated heterocycles. The van der Waals surface area contributed by atoms with Gasteiger partial charge in [-0.1, -0.05) is 11.6 Å². The van der Waals surface area contributed by atoms with E-state index in [-0.39, 0.29) is 11.1 Å². The van der Waals surface area contributed by atoms with Crippen LogP contribution in [0.2, 0.25) is 5.15 Å². The monoisotopic (exact) mass is 228 g/mol. The molecule has 82 valence electrons. The number of carbonyl (C=O) groups is 1. The third-order valence-corrected chi connectivity index (χ3v) is 2.04. The third-order valence-electron chi connectivity index (χ3n) is 1.74. The smallest absolute Gasteiger partial charge is 0.254 e. The molecule has 0 radical (unpaired) electrons. The second-order valence-corrected chi connectivity index (χ2v) is 3.15. The molecule has 1 N–H and O–H groups in total. The van der Waals surface area contributed by atoms with Gasteiger partial charge in [-0.15, -0.1) is 0 Å². The molecule has 0 bridgehead atoms. The van der Waals surface area contributed by atoms with Crippen LogP contribution < -0.4 is 5.32 Å². The van der Waals surface area contributed by atoms with Gasteiger partial charge in [-0.2, -0.15) is 0 Å². The lowest BCUT2D eigenvalue weighted by molar-refractivity contribution is 0.0922. The van der Waals surface area contributed by atoms with Crippen molar-refractivity contribution in [1.82, 2.24) is 10.3 Å². The second-order valence-electron chi connectivity index (χ2n) is 2.79. The minimum Gasteiger partial charge on any atom is -0.380 e. The molecule has 0 fully saturated rings. The topological polar surface area (TPSA) is 51.2 Å². The van der Waals surface area contributed by atoms with Gasteiger partial charge < -0.3 is 10.1 Å². The van der Waals surface area contributed by atoms with Gasteiger partial charge in [0.25, 0.3) is 5.91 Å². The summed E-state index contributed by atoms with van der Waals surface area (Å²) < 4.78 is 5.09. The Bertz CT molecular complexity index is 331. The quantitative estimate of drug-likeness (QED) is 0.614. The SMILES string of the molecule is CCOCCNC(=O)c1cccnc1Cl. The molecule has 1 aromatic heterocycles. The molecule has 1 aromatic rings. The molecule has 0 aliphatic rings. The highest BCUT2D eigenvalue weighted by Crippen LogP contribution is 2.10. The standard InChI is InChI=1S/C10H13ClN2O2/c1-2-15-7-6-13-10(14)8-4-3-5-12-9(8)11/h3-5H,2,6-7H2,1H3,(H,13,14). The van der Waals surface area contributed by atoms with Crippen molar-refractivity contribution in [2.24, 2.45) is 0 Å². The molecule has 0 aliphatic carbocycles. The average molecular weight is 229 g/mol. The molecular formula is C10H13ClN2O2. The highest BCUT2D eigenvalue weighted by molar-refractivity contribution is 6.32. The summed E-state index contributed by atoms with van der Waals surface area (Å²) >= 11 is 5.76. The van der Waals surface area contributed by atoms with E-state index >= 15 is 0 Å². The Hall–Kier alpha value is -1.13. The van der Waals surface area contributed by atoms with Gasteiger partial charge in [-0.05, 0) is 19.1 Å². The number of ether oxygens (including phenoxy) is 1. The van der Waals surface area contributed by atoms with Gasteiger partial charge in [0, 0.05) is 19.3 Å². The number of nitrogens with zero attached hydrogens (tertiary/aromatic N) is 1. The highest BCUT2D eigenvalue weighted by atomic mass is 35.5. The van der Waals surface area contributed by atoms with E-state index in [1.54, 1.807) is 18.3 Å². The van der Waals surface area contributed by atoms with Gasteiger partial charge in [0.15, 0.2) is 0 Å². The lowest BCUT2D eigenvalue weighted by Crippen LogP contribution is -2.27. The number of nitrogens with one attached hydrogen (secondary N) is 1. The zero-order valence-corrected chi connectivity index (χ0v) is 9.25. The van der Waals surface area contributed by atoms with Gasteiger partial charge in [-0.3, -0.25) is 4.79 Å². The van der Waals surface area contributed by atoms with Crippen molar-refractivity contribution < 1.29 is 9.53 Å². The van der Waals surface area contributed by atoms with Crippen LogP contribution in [0.15, 0.2) is 18.3 Å². The van der Waals surface area contributed by atoms with E-state index in [1.807, 2.05) is 6.92 Å². The van der Waals surface area contributed by atoms with Crippen LogP contribution in [-0.4, -0.2) is 30.6 Å². The van der Waals surface area contributed by atoms with Crippen LogP contribution in [0, 0.1) is 0 Å². The Morgan fingerprint density at radius 2 is 2.47 bits per heavy atom. The molecule has 0 unspecified atom stereocenters. The Kier molecular flexibility index (Phi) is 5.07. The third kappa shape index (κ3) is 3.85. The largest absolute Gasteiger partial charge is 0.380 e. The maximum atomic E-state index is 11.5. The fourth-order valence-corrected chi connectivity index (χ4v) is 1.24. The van der Waals surface area contributed by atoms with Crippen molar-refractivity contribution in [1.29, 1.82) is 0 Å². The molecule has 0 atom stereocenters. The second kappa shape index (κ2) is 6.37. The molecule has 0 saturated carbocycles. The lowest BCUT2D eigenvalue weighted by Gasteiger charge is -2.05. The molecule has 5 heteroatoms. The summed E-state index contributed by atoms with van der Waals surface area (Å²) in [5.74, 6) is -0.229. The first kappa shape index (κ1) is 11.9. The molecule has 4 nitrogen and oxygen atoms in total. The van der Waals surface area contributed by atoms with Crippen LogP contribution >= 0.6 is 11.6 Å². The van der Waals surface area contributed by atoms with Crippen molar-refractivity contribution in [3.05, 3.63) is 29.0 Å². The minimum absolute atomic E-state index is 0.214. The zero-order chi connectivity index (χ0) is 11.1. The predicted molar refractivity (Wildman–Crippen MR) is 58.1 cm³/mol. The van der Waals surface area contributed by atoms with Crippen molar-refractivity contribution in [3.8, 4) is 0 Å². The predicted octanol–water partition coefficient (Wildman–Crippen LogP) is 1.50. The number of amides is 1. The Labute approximate surface area is 93.6 Å². The van der Waals surface area contributed by atoms with E-state index in [9.17, 15) is 4.79 Å². The van der Waals surface area contributed by atoms with Crippen LogP contribution in [0.4, 0.5) is 0 Å². The average Bonchev–Trinajstić information content (AvgIpc) is 2.25. The molecule has 1 heterocycles. The molecular weight excluding hydrogens is 216 g/mol. The summed E-state index contributed by atoms with van der Waals surface area (Å²) in [5.41, 5.74) is 0.385. The van der Waals surface area contributed by atoms with Gasteiger partial charge in [0.2, 0.25) is 0 Å². The maximum absolute atomic E-state index is 11.5. The van der Waals surface area contributed by atoms with E-state index in [0.29, 0.717) is 25.3 Å². The first-order chi connectivity index (χ1) is 7.25. The summed E-state index contributed by atoms with van der Waals surface area (Å²) in [6.45, 7) is 3.52. The summed E-state index contributed by atoms with van der Waals surface area (Å²) in [7, 11) is 0. The first-order valence-corrected chi connectivity index (χ1v) is 5.10. The van der Waals surface area contributed by atoms with Crippen LogP contribution in [0.25, 0.3) is 0 Å². The fraction of sp³-hybridized carbons (Fsp3) is 0.400. The van der Waals surface area contributed by atoms with Gasteiger partial charge >= 0.3 is 0 Å². The molecule has 0 aromatic carbocycles. The summed E-state index contributed by atoms with van der Waals surface area (Å²) in [4.78, 5) is 15.4. The van der Waals surface area contributed by atoms with E-state index < -0.39 is 0 Å². The van der Waals surface area contributed by atoms with Gasteiger partial charge in [-0.25, -0.2) is 4.98 Å². The number of aromatic nitrogens is 1. The summed E-state index contributed by atoms with van der Waals surface area (Å²) in [5, 5.41) is 2.90. The number of rotatable bonds is 5. The van der Waals surface area contributed by atoms with Crippen LogP contribution in [0.5, 0.6) is 0 Å². The summed E-state index contributed by atoms with van der Waals surface area (Å²) in [6.07, 6.45) is 1.54. The van der Waals surface area contributed by atoms with E-state index in [2.05, 4.69) is 10.3 Å². The van der Waals surface area contributed by atoms with Crippen LogP contribution in [-0.2, 0) is 4.74 Å². The minimum atomic E-state index is -0.229. The summed E-state index contributed by atoms with van der Waals surface area (Å²) in [6, 6.07) is 3.30. The van der Waals surface area contributed by atoms with E-state index in [4.69, 9.17) is 16.3 Å². The van der Waals surface area contributed by atoms with E-state index in [1.165, 1.54) is 0 Å². The Balaban J connectivity index is 2.44. The molecule has 15 heavy (non-hydrogen) atoms. The van der Waals surface area contributed by atoms with Crippen molar-refractivity contribution in [2.75, 3.05) is 19.8 Å². The van der Waals surface area contributed by atoms with Crippen LogP contribution in [0.3, 0.4) is 0 Å². The van der Waals surface area contributed by atoms with Crippen molar-refractivity contribution >= 4 is 17.5 Å². The first-order valence-electron chi connectivity index (χ1n) is 4.72. The van der Waals surface area contributed by atoms with E-state index in [0.717, 1.165) is 0 Å². The van der Waals surface area contributed by atoms with Crippen molar-refractivity contribution in [2.45, 2.75) is 6.92 Å². The Morgan fingerprint density at radius 1 is 1.67 bits per heavy atom. The number of hydrogen-bond donors (Lipinski definition) is 1. The molecule has 1 rings (SSSR count). The zero-order valence-electron chi connectivity index (χ0n) is 8.50. The molecule has 0 spiro atoms. The van der Waals surface area contributed by atoms with Gasteiger partial charge in [0.05, 0.1) is 12.2 Å². The normalized spacial score (nSPS) is 10.0. The fourth-order valence-electron chi connectivity index (χ4n) is 1.03.